The first-order chi connectivity index (χ1) is 16.3. The Morgan fingerprint density at radius 3 is 2.06 bits per heavy atom. The van der Waals surface area contributed by atoms with Crippen molar-refractivity contribution in [3.63, 3.8) is 0 Å². The molecule has 5 nitrogen and oxygen atoms in total. The molecule has 8 heteroatoms. The van der Waals surface area contributed by atoms with Gasteiger partial charge in [-0.2, -0.15) is 0 Å². The van der Waals surface area contributed by atoms with E-state index in [9.17, 15) is 9.59 Å². The number of rotatable bonds is 7. The number of halogens is 2. The molecule has 0 aliphatic carbocycles. The van der Waals surface area contributed by atoms with Gasteiger partial charge in [0.15, 0.2) is 5.11 Å². The Kier molecular flexibility index (Phi) is 9.05. The van der Waals surface area contributed by atoms with Crippen molar-refractivity contribution < 1.29 is 14.3 Å². The number of anilines is 1. The Morgan fingerprint density at radius 1 is 0.912 bits per heavy atom. The molecule has 176 valence electrons. The van der Waals surface area contributed by atoms with E-state index >= 15 is 0 Å². The van der Waals surface area contributed by atoms with Gasteiger partial charge in [-0.3, -0.25) is 10.1 Å². The summed E-state index contributed by atoms with van der Waals surface area (Å²) in [7, 11) is 0. The number of amides is 1. The number of hydrogen-bond donors (Lipinski definition) is 1. The molecule has 0 unspecified atom stereocenters. The van der Waals surface area contributed by atoms with Crippen LogP contribution in [-0.2, 0) is 17.7 Å². The Balaban J connectivity index is 1.89. The monoisotopic (exact) mass is 514 g/mol. The predicted molar refractivity (Wildman–Crippen MR) is 141 cm³/mol. The van der Waals surface area contributed by atoms with Gasteiger partial charge in [-0.25, -0.2) is 4.79 Å². The third kappa shape index (κ3) is 6.35. The molecular formula is C26H24Cl2N2O3S. The first-order valence-electron chi connectivity index (χ1n) is 10.8. The lowest BCUT2D eigenvalue weighted by molar-refractivity contribution is 0.0526. The molecule has 0 saturated heterocycles. The average Bonchev–Trinajstić information content (AvgIpc) is 2.84. The molecule has 0 spiro atoms. The van der Waals surface area contributed by atoms with Crippen molar-refractivity contribution in [3.05, 3.63) is 99.0 Å². The first kappa shape index (κ1) is 25.7. The highest BCUT2D eigenvalue weighted by Crippen LogP contribution is 2.28. The summed E-state index contributed by atoms with van der Waals surface area (Å²) in [4.78, 5) is 26.6. The van der Waals surface area contributed by atoms with E-state index < -0.39 is 5.97 Å². The summed E-state index contributed by atoms with van der Waals surface area (Å²) >= 11 is 18.4. The van der Waals surface area contributed by atoms with E-state index in [1.165, 1.54) is 0 Å². The summed E-state index contributed by atoms with van der Waals surface area (Å²) in [6.07, 6.45) is 0.883. The minimum absolute atomic E-state index is 0.171. The van der Waals surface area contributed by atoms with E-state index in [1.54, 1.807) is 66.4 Å². The number of hydrogen-bond acceptors (Lipinski definition) is 4. The molecule has 0 heterocycles. The van der Waals surface area contributed by atoms with Gasteiger partial charge in [-0.15, -0.1) is 0 Å². The molecule has 34 heavy (non-hydrogen) atoms. The first-order valence-corrected chi connectivity index (χ1v) is 11.9. The highest BCUT2D eigenvalue weighted by molar-refractivity contribution is 7.80. The van der Waals surface area contributed by atoms with Crippen LogP contribution < -0.4 is 10.2 Å². The number of thiocarbonyl (C=S) groups is 1. The van der Waals surface area contributed by atoms with E-state index in [2.05, 4.69) is 12.2 Å². The van der Waals surface area contributed by atoms with Gasteiger partial charge in [0.1, 0.15) is 0 Å². The van der Waals surface area contributed by atoms with Gasteiger partial charge >= 0.3 is 5.97 Å². The second-order valence-electron chi connectivity index (χ2n) is 7.36. The molecule has 1 amide bonds. The zero-order valence-corrected chi connectivity index (χ0v) is 21.1. The molecule has 3 aromatic carbocycles. The van der Waals surface area contributed by atoms with Crippen LogP contribution in [0.5, 0.6) is 0 Å². The zero-order chi connectivity index (χ0) is 24.7. The van der Waals surface area contributed by atoms with E-state index in [1.807, 2.05) is 12.1 Å². The molecule has 0 saturated carbocycles. The van der Waals surface area contributed by atoms with Crippen LogP contribution in [0.4, 0.5) is 5.69 Å². The van der Waals surface area contributed by atoms with Crippen molar-refractivity contribution in [1.82, 2.24) is 5.32 Å². The van der Waals surface area contributed by atoms with Gasteiger partial charge in [0.25, 0.3) is 5.91 Å². The zero-order valence-electron chi connectivity index (χ0n) is 18.8. The summed E-state index contributed by atoms with van der Waals surface area (Å²) in [5.41, 5.74) is 3.34. The van der Waals surface area contributed by atoms with Gasteiger partial charge in [-0.1, -0.05) is 48.3 Å². The largest absolute Gasteiger partial charge is 0.462 e. The van der Waals surface area contributed by atoms with E-state index in [-0.39, 0.29) is 24.2 Å². The van der Waals surface area contributed by atoms with Crippen molar-refractivity contribution in [2.45, 2.75) is 26.8 Å². The van der Waals surface area contributed by atoms with Gasteiger partial charge in [0.05, 0.1) is 18.7 Å². The quantitative estimate of drug-likeness (QED) is 0.289. The minimum atomic E-state index is -0.416. The Morgan fingerprint density at radius 2 is 1.50 bits per heavy atom. The highest BCUT2D eigenvalue weighted by atomic mass is 35.5. The number of carbonyl (C=O) groups is 2. The van der Waals surface area contributed by atoms with Crippen molar-refractivity contribution in [2.24, 2.45) is 0 Å². The highest BCUT2D eigenvalue weighted by Gasteiger charge is 2.20. The third-order valence-electron chi connectivity index (χ3n) is 5.16. The van der Waals surface area contributed by atoms with Crippen LogP contribution >= 0.6 is 35.4 Å². The summed E-state index contributed by atoms with van der Waals surface area (Å²) in [5, 5.41) is 3.91. The van der Waals surface area contributed by atoms with Crippen LogP contribution in [0, 0.1) is 0 Å². The molecule has 0 radical (unpaired) electrons. The summed E-state index contributed by atoms with van der Waals surface area (Å²) in [6.45, 7) is 4.30. The van der Waals surface area contributed by atoms with E-state index in [0.717, 1.165) is 12.0 Å². The van der Waals surface area contributed by atoms with Crippen molar-refractivity contribution >= 4 is 58.1 Å². The number of carbonyl (C=O) groups excluding carboxylic acids is 2. The Hall–Kier alpha value is -2.93. The van der Waals surface area contributed by atoms with Crippen LogP contribution in [0.15, 0.2) is 66.7 Å². The molecular weight excluding hydrogens is 491 g/mol. The maximum Gasteiger partial charge on any atom is 0.338 e. The topological polar surface area (TPSA) is 58.6 Å². The standard InChI is InChI=1S/C26H24Cl2N2O3S/c1-3-17-8-10-18(11-9-17)24(31)29-26(34)30(16-21-22(27)6-5-7-23(21)28)20-14-12-19(13-15-20)25(32)33-4-2/h5-15H,3-4,16H2,1-2H3,(H,29,31,34). The van der Waals surface area contributed by atoms with E-state index in [4.69, 9.17) is 40.2 Å². The van der Waals surface area contributed by atoms with Crippen LogP contribution in [0.2, 0.25) is 10.0 Å². The molecule has 3 rings (SSSR count). The normalized spacial score (nSPS) is 10.5. The maximum atomic E-state index is 12.9. The Labute approximate surface area is 214 Å². The lowest BCUT2D eigenvalue weighted by Gasteiger charge is -2.26. The fourth-order valence-corrected chi connectivity index (χ4v) is 4.02. The van der Waals surface area contributed by atoms with Gasteiger partial charge in [-0.05, 0) is 79.7 Å². The smallest absolute Gasteiger partial charge is 0.338 e. The molecule has 1 N–H and O–H groups in total. The van der Waals surface area contributed by atoms with Crippen molar-refractivity contribution in [2.75, 3.05) is 11.5 Å². The maximum absolute atomic E-state index is 12.9. The number of nitrogens with one attached hydrogen (secondary N) is 1. The molecule has 0 atom stereocenters. The number of esters is 1. The van der Waals surface area contributed by atoms with Gasteiger partial charge in [0, 0.05) is 26.9 Å². The summed E-state index contributed by atoms with van der Waals surface area (Å²) < 4.78 is 5.05. The van der Waals surface area contributed by atoms with E-state index in [0.29, 0.717) is 32.4 Å². The van der Waals surface area contributed by atoms with Crippen molar-refractivity contribution in [1.29, 1.82) is 0 Å². The van der Waals surface area contributed by atoms with Crippen LogP contribution in [-0.4, -0.2) is 23.6 Å². The molecule has 0 bridgehead atoms. The SMILES string of the molecule is CCOC(=O)c1ccc(N(Cc2c(Cl)cccc2Cl)C(=S)NC(=O)c2ccc(CC)cc2)cc1. The molecule has 0 fully saturated rings. The lowest BCUT2D eigenvalue weighted by Crippen LogP contribution is -2.42. The number of benzene rings is 3. The predicted octanol–water partition coefficient (Wildman–Crippen LogP) is 6.45. The fourth-order valence-electron chi connectivity index (χ4n) is 3.24. The molecule has 0 aromatic heterocycles. The third-order valence-corrected chi connectivity index (χ3v) is 6.19. The number of aryl methyl sites for hydroxylation is 1. The van der Waals surface area contributed by atoms with Crippen LogP contribution in [0.3, 0.4) is 0 Å². The average molecular weight is 515 g/mol. The second-order valence-corrected chi connectivity index (χ2v) is 8.56. The van der Waals surface area contributed by atoms with Gasteiger partial charge < -0.3 is 9.64 Å². The van der Waals surface area contributed by atoms with Gasteiger partial charge in [0.2, 0.25) is 0 Å². The number of nitrogens with zero attached hydrogens (tertiary/aromatic N) is 1. The number of ether oxygens (including phenoxy) is 1. The van der Waals surface area contributed by atoms with Crippen molar-refractivity contribution in [3.8, 4) is 0 Å². The molecule has 3 aromatic rings. The van der Waals surface area contributed by atoms with Crippen LogP contribution in [0.1, 0.15) is 45.7 Å². The second kappa shape index (κ2) is 12.0. The minimum Gasteiger partial charge on any atom is -0.462 e. The molecule has 0 aliphatic rings. The Bertz CT molecular complexity index is 1160. The van der Waals surface area contributed by atoms with Crippen LogP contribution in [0.25, 0.3) is 0 Å². The summed E-state index contributed by atoms with van der Waals surface area (Å²) in [5.74, 6) is -0.743. The molecule has 0 aliphatic heterocycles. The fraction of sp³-hybridized carbons (Fsp3) is 0.192. The lowest BCUT2D eigenvalue weighted by atomic mass is 10.1. The summed E-state index contributed by atoms with van der Waals surface area (Å²) in [6, 6.07) is 19.3.